The highest BCUT2D eigenvalue weighted by molar-refractivity contribution is 14.0. The molecule has 3 rings (SSSR count). The second-order valence-corrected chi connectivity index (χ2v) is 7.54. The fraction of sp³-hybridized carbons (Fsp3) is 0.600. The van der Waals surface area contributed by atoms with Gasteiger partial charge in [-0.25, -0.2) is 0 Å². The Kier molecular flexibility index (Phi) is 8.34. The van der Waals surface area contributed by atoms with Crippen LogP contribution in [-0.2, 0) is 4.79 Å². The number of benzene rings is 1. The summed E-state index contributed by atoms with van der Waals surface area (Å²) in [7, 11) is 1.85. The predicted molar refractivity (Wildman–Crippen MR) is 121 cm³/mol. The number of carbonyl (C=O) groups is 1. The summed E-state index contributed by atoms with van der Waals surface area (Å²) in [4.78, 5) is 20.9. The summed E-state index contributed by atoms with van der Waals surface area (Å²) >= 11 is 0. The van der Waals surface area contributed by atoms with E-state index in [9.17, 15) is 4.79 Å². The van der Waals surface area contributed by atoms with Crippen molar-refractivity contribution in [3.05, 3.63) is 35.9 Å². The zero-order valence-electron chi connectivity index (χ0n) is 16.5. The number of amides is 1. The van der Waals surface area contributed by atoms with E-state index in [0.29, 0.717) is 18.5 Å². The lowest BCUT2D eigenvalue weighted by Crippen LogP contribution is -2.54. The molecule has 2 fully saturated rings. The molecule has 0 aromatic heterocycles. The van der Waals surface area contributed by atoms with Gasteiger partial charge in [0.1, 0.15) is 0 Å². The van der Waals surface area contributed by atoms with Crippen molar-refractivity contribution >= 4 is 35.8 Å². The lowest BCUT2D eigenvalue weighted by atomic mass is 10.1. The molecule has 1 saturated heterocycles. The average molecular weight is 485 g/mol. The van der Waals surface area contributed by atoms with Crippen molar-refractivity contribution < 1.29 is 4.79 Å². The molecule has 6 nitrogen and oxygen atoms in total. The molecule has 2 N–H and O–H groups in total. The maximum atomic E-state index is 11.9. The Balaban J connectivity index is 0.00000261. The molecular formula is C20H32IN5O. The number of aliphatic imine (C=N–C) groups is 1. The minimum atomic E-state index is 0. The monoisotopic (exact) mass is 485 g/mol. The zero-order chi connectivity index (χ0) is 18.5. The maximum Gasteiger partial charge on any atom is 0.234 e. The van der Waals surface area contributed by atoms with E-state index in [1.165, 1.54) is 12.0 Å². The van der Waals surface area contributed by atoms with Crippen LogP contribution in [0.4, 0.5) is 0 Å². The SMILES string of the molecule is CN=C(NC1CC1c1ccccc1)N1CCN(CC(=O)NC(C)C)CC1.I. The number of nitrogens with zero attached hydrogens (tertiary/aromatic N) is 3. The normalized spacial score (nSPS) is 23.0. The van der Waals surface area contributed by atoms with Crippen LogP contribution in [-0.4, -0.2) is 73.5 Å². The van der Waals surface area contributed by atoms with E-state index >= 15 is 0 Å². The first-order valence-corrected chi connectivity index (χ1v) is 9.61. The summed E-state index contributed by atoms with van der Waals surface area (Å²) < 4.78 is 0. The topological polar surface area (TPSA) is 60.0 Å². The summed E-state index contributed by atoms with van der Waals surface area (Å²) in [5.41, 5.74) is 1.40. The lowest BCUT2D eigenvalue weighted by molar-refractivity contribution is -0.123. The molecule has 1 heterocycles. The molecule has 1 saturated carbocycles. The molecule has 0 radical (unpaired) electrons. The Morgan fingerprint density at radius 3 is 2.44 bits per heavy atom. The molecule has 2 atom stereocenters. The predicted octanol–water partition coefficient (Wildman–Crippen LogP) is 1.88. The zero-order valence-corrected chi connectivity index (χ0v) is 18.8. The van der Waals surface area contributed by atoms with Crippen LogP contribution in [0.5, 0.6) is 0 Å². The molecule has 1 aliphatic heterocycles. The van der Waals surface area contributed by atoms with Gasteiger partial charge in [0, 0.05) is 51.2 Å². The Morgan fingerprint density at radius 2 is 1.85 bits per heavy atom. The second-order valence-electron chi connectivity index (χ2n) is 7.54. The van der Waals surface area contributed by atoms with Crippen LogP contribution in [0, 0.1) is 0 Å². The van der Waals surface area contributed by atoms with Crippen molar-refractivity contribution in [1.82, 2.24) is 20.4 Å². The van der Waals surface area contributed by atoms with Gasteiger partial charge in [-0.3, -0.25) is 14.7 Å². The van der Waals surface area contributed by atoms with Gasteiger partial charge in [0.2, 0.25) is 5.91 Å². The van der Waals surface area contributed by atoms with E-state index in [4.69, 9.17) is 0 Å². The smallest absolute Gasteiger partial charge is 0.234 e. The van der Waals surface area contributed by atoms with Crippen LogP contribution in [0.15, 0.2) is 35.3 Å². The Labute approximate surface area is 179 Å². The van der Waals surface area contributed by atoms with Crippen molar-refractivity contribution in [2.24, 2.45) is 4.99 Å². The molecule has 0 bridgehead atoms. The first kappa shape index (κ1) is 21.9. The van der Waals surface area contributed by atoms with Gasteiger partial charge in [-0.05, 0) is 25.8 Å². The van der Waals surface area contributed by atoms with E-state index in [2.05, 4.69) is 55.8 Å². The largest absolute Gasteiger partial charge is 0.353 e. The molecule has 150 valence electrons. The number of hydrogen-bond acceptors (Lipinski definition) is 3. The number of piperazine rings is 1. The minimum Gasteiger partial charge on any atom is -0.353 e. The van der Waals surface area contributed by atoms with Crippen molar-refractivity contribution in [3.8, 4) is 0 Å². The van der Waals surface area contributed by atoms with Gasteiger partial charge in [0.15, 0.2) is 5.96 Å². The van der Waals surface area contributed by atoms with Crippen LogP contribution in [0.1, 0.15) is 31.7 Å². The molecule has 2 unspecified atom stereocenters. The number of rotatable bonds is 5. The molecule has 27 heavy (non-hydrogen) atoms. The third kappa shape index (κ3) is 6.34. The van der Waals surface area contributed by atoms with Crippen LogP contribution in [0.25, 0.3) is 0 Å². The van der Waals surface area contributed by atoms with Crippen molar-refractivity contribution in [2.45, 2.75) is 38.3 Å². The first-order chi connectivity index (χ1) is 12.6. The van der Waals surface area contributed by atoms with Crippen molar-refractivity contribution in [1.29, 1.82) is 0 Å². The lowest BCUT2D eigenvalue weighted by Gasteiger charge is -2.36. The summed E-state index contributed by atoms with van der Waals surface area (Å²) in [5, 5.41) is 6.58. The Bertz CT molecular complexity index is 629. The molecule has 7 heteroatoms. The third-order valence-electron chi connectivity index (χ3n) is 5.03. The fourth-order valence-corrected chi connectivity index (χ4v) is 3.57. The minimum absolute atomic E-state index is 0. The van der Waals surface area contributed by atoms with E-state index in [1.807, 2.05) is 20.9 Å². The standard InChI is InChI=1S/C20H31N5O.HI/c1-15(2)22-19(26)14-24-9-11-25(12-10-24)20(21-3)23-18-13-17(18)16-7-5-4-6-8-16;/h4-8,15,17-18H,9-14H2,1-3H3,(H,21,23)(H,22,26);1H. The van der Waals surface area contributed by atoms with Crippen molar-refractivity contribution in [2.75, 3.05) is 39.8 Å². The second kappa shape index (κ2) is 10.3. The Morgan fingerprint density at radius 1 is 1.19 bits per heavy atom. The van der Waals surface area contributed by atoms with E-state index in [0.717, 1.165) is 32.1 Å². The summed E-state index contributed by atoms with van der Waals surface area (Å²) in [6, 6.07) is 11.4. The molecular weight excluding hydrogens is 453 g/mol. The molecule has 1 amide bonds. The highest BCUT2D eigenvalue weighted by atomic mass is 127. The van der Waals surface area contributed by atoms with Gasteiger partial charge in [-0.1, -0.05) is 30.3 Å². The molecule has 2 aliphatic rings. The summed E-state index contributed by atoms with van der Waals surface area (Å²) in [6.45, 7) is 8.04. The number of hydrogen-bond donors (Lipinski definition) is 2. The van der Waals surface area contributed by atoms with Gasteiger partial charge in [0.05, 0.1) is 6.54 Å². The maximum absolute atomic E-state index is 11.9. The number of guanidine groups is 1. The third-order valence-corrected chi connectivity index (χ3v) is 5.03. The highest BCUT2D eigenvalue weighted by Crippen LogP contribution is 2.40. The average Bonchev–Trinajstić information content (AvgIpc) is 3.40. The molecule has 1 aromatic rings. The molecule has 1 aromatic carbocycles. The van der Waals surface area contributed by atoms with Gasteiger partial charge in [-0.2, -0.15) is 0 Å². The van der Waals surface area contributed by atoms with Gasteiger partial charge in [0.25, 0.3) is 0 Å². The van der Waals surface area contributed by atoms with Crippen LogP contribution < -0.4 is 10.6 Å². The first-order valence-electron chi connectivity index (χ1n) is 9.61. The highest BCUT2D eigenvalue weighted by Gasteiger charge is 2.39. The van der Waals surface area contributed by atoms with Gasteiger partial charge in [-0.15, -0.1) is 24.0 Å². The van der Waals surface area contributed by atoms with Crippen LogP contribution in [0.2, 0.25) is 0 Å². The van der Waals surface area contributed by atoms with Crippen LogP contribution in [0.3, 0.4) is 0 Å². The molecule has 0 spiro atoms. The number of nitrogens with one attached hydrogen (secondary N) is 2. The number of halogens is 1. The molecule has 1 aliphatic carbocycles. The number of carbonyl (C=O) groups excluding carboxylic acids is 1. The quantitative estimate of drug-likeness (QED) is 0.380. The van der Waals surface area contributed by atoms with E-state index in [-0.39, 0.29) is 35.9 Å². The fourth-order valence-electron chi connectivity index (χ4n) is 3.57. The van der Waals surface area contributed by atoms with Gasteiger partial charge >= 0.3 is 0 Å². The van der Waals surface area contributed by atoms with E-state index in [1.54, 1.807) is 0 Å². The summed E-state index contributed by atoms with van der Waals surface area (Å²) in [6.07, 6.45) is 1.17. The summed E-state index contributed by atoms with van der Waals surface area (Å²) in [5.74, 6) is 1.69. The van der Waals surface area contributed by atoms with Gasteiger partial charge < -0.3 is 15.5 Å². The van der Waals surface area contributed by atoms with Crippen molar-refractivity contribution in [3.63, 3.8) is 0 Å². The van der Waals surface area contributed by atoms with Crippen LogP contribution >= 0.6 is 24.0 Å². The van der Waals surface area contributed by atoms with E-state index < -0.39 is 0 Å². The Hall–Kier alpha value is -1.35.